The zero-order valence-electron chi connectivity index (χ0n) is 15.7. The topological polar surface area (TPSA) is 86.0 Å². The van der Waals surface area contributed by atoms with Crippen LogP contribution in [0.5, 0.6) is 5.75 Å². The van der Waals surface area contributed by atoms with Gasteiger partial charge in [0.2, 0.25) is 0 Å². The second kappa shape index (κ2) is 7.36. The minimum Gasteiger partial charge on any atom is -0.496 e. The molecule has 8 heteroatoms. The number of furan rings is 1. The van der Waals surface area contributed by atoms with Crippen molar-refractivity contribution in [2.24, 2.45) is 0 Å². The third-order valence-corrected chi connectivity index (χ3v) is 5.31. The minimum atomic E-state index is -0.595. The van der Waals surface area contributed by atoms with E-state index in [9.17, 15) is 14.4 Å². The highest BCUT2D eigenvalue weighted by molar-refractivity contribution is 9.10. The summed E-state index contributed by atoms with van der Waals surface area (Å²) in [7, 11) is 1.51. The fourth-order valence-electron chi connectivity index (χ4n) is 3.37. The quantitative estimate of drug-likeness (QED) is 0.421. The summed E-state index contributed by atoms with van der Waals surface area (Å²) in [4.78, 5) is 39.1. The van der Waals surface area contributed by atoms with Crippen LogP contribution in [0.3, 0.4) is 0 Å². The molecule has 0 spiro atoms. The van der Waals surface area contributed by atoms with Gasteiger partial charge in [-0.1, -0.05) is 12.1 Å². The molecule has 0 unspecified atom stereocenters. The van der Waals surface area contributed by atoms with Crippen LogP contribution in [0.15, 0.2) is 45.3 Å². The SMILES string of the molecule is CCOC(=O)c1c(CN2C(=O)c3ccccc3C2=O)oc2cc(Br)c(OC)cc12. The molecule has 0 atom stereocenters. The van der Waals surface area contributed by atoms with E-state index in [0.29, 0.717) is 32.3 Å². The number of esters is 1. The molecule has 29 heavy (non-hydrogen) atoms. The van der Waals surface area contributed by atoms with Crippen LogP contribution in [-0.4, -0.2) is 36.4 Å². The first-order valence-corrected chi connectivity index (χ1v) is 9.66. The van der Waals surface area contributed by atoms with E-state index in [1.54, 1.807) is 43.3 Å². The van der Waals surface area contributed by atoms with Gasteiger partial charge in [-0.15, -0.1) is 0 Å². The Kier molecular flexibility index (Phi) is 4.87. The average molecular weight is 458 g/mol. The molecule has 2 aromatic carbocycles. The van der Waals surface area contributed by atoms with Crippen LogP contribution in [0.25, 0.3) is 11.0 Å². The molecule has 0 N–H and O–H groups in total. The van der Waals surface area contributed by atoms with Crippen molar-refractivity contribution in [2.45, 2.75) is 13.5 Å². The highest BCUT2D eigenvalue weighted by Crippen LogP contribution is 2.36. The molecule has 3 aromatic rings. The standard InChI is InChI=1S/C21H16BrNO6/c1-3-28-21(26)18-13-8-16(27-2)14(22)9-15(13)29-17(18)10-23-19(24)11-6-4-5-7-12(11)20(23)25/h4-9H,3,10H2,1-2H3. The molecule has 0 fully saturated rings. The van der Waals surface area contributed by atoms with Crippen molar-refractivity contribution in [1.29, 1.82) is 0 Å². The van der Waals surface area contributed by atoms with E-state index in [-0.39, 0.29) is 24.5 Å². The van der Waals surface area contributed by atoms with E-state index < -0.39 is 17.8 Å². The van der Waals surface area contributed by atoms with Crippen molar-refractivity contribution < 1.29 is 28.3 Å². The molecular weight excluding hydrogens is 442 g/mol. The molecule has 2 heterocycles. The van der Waals surface area contributed by atoms with Gasteiger partial charge in [0.15, 0.2) is 0 Å². The summed E-state index contributed by atoms with van der Waals surface area (Å²) in [6.45, 7) is 1.68. The Hall–Kier alpha value is -3.13. The van der Waals surface area contributed by atoms with E-state index in [0.717, 1.165) is 4.90 Å². The van der Waals surface area contributed by atoms with Gasteiger partial charge in [-0.3, -0.25) is 14.5 Å². The number of nitrogens with zero attached hydrogens (tertiary/aromatic N) is 1. The summed E-state index contributed by atoms with van der Waals surface area (Å²) in [5.74, 6) is -0.772. The Morgan fingerprint density at radius 1 is 1.14 bits per heavy atom. The van der Waals surface area contributed by atoms with Gasteiger partial charge in [0, 0.05) is 5.39 Å². The molecule has 0 bridgehead atoms. The molecule has 0 saturated carbocycles. The summed E-state index contributed by atoms with van der Waals surface area (Å²) in [5, 5.41) is 0.482. The highest BCUT2D eigenvalue weighted by atomic mass is 79.9. The summed E-state index contributed by atoms with van der Waals surface area (Å²) >= 11 is 3.39. The molecule has 2 amide bonds. The van der Waals surface area contributed by atoms with Crippen molar-refractivity contribution in [2.75, 3.05) is 13.7 Å². The Labute approximate surface area is 174 Å². The fraction of sp³-hybridized carbons (Fsp3) is 0.190. The molecule has 0 saturated heterocycles. The van der Waals surface area contributed by atoms with Crippen LogP contribution in [0, 0.1) is 0 Å². The summed E-state index contributed by atoms with van der Waals surface area (Å²) in [5.41, 5.74) is 1.24. The van der Waals surface area contributed by atoms with Gasteiger partial charge in [0.1, 0.15) is 22.7 Å². The van der Waals surface area contributed by atoms with Gasteiger partial charge >= 0.3 is 5.97 Å². The second-order valence-electron chi connectivity index (χ2n) is 6.35. The van der Waals surface area contributed by atoms with Crippen LogP contribution in [-0.2, 0) is 11.3 Å². The third kappa shape index (κ3) is 3.09. The Morgan fingerprint density at radius 2 is 1.79 bits per heavy atom. The average Bonchev–Trinajstić information content (AvgIpc) is 3.17. The smallest absolute Gasteiger partial charge is 0.342 e. The predicted octanol–water partition coefficient (Wildman–Crippen LogP) is 4.18. The lowest BCUT2D eigenvalue weighted by Crippen LogP contribution is -2.29. The van der Waals surface area contributed by atoms with Gasteiger partial charge < -0.3 is 13.9 Å². The van der Waals surface area contributed by atoms with Gasteiger partial charge in [-0.25, -0.2) is 4.79 Å². The van der Waals surface area contributed by atoms with E-state index in [4.69, 9.17) is 13.9 Å². The molecule has 7 nitrogen and oxygen atoms in total. The zero-order valence-corrected chi connectivity index (χ0v) is 17.2. The first kappa shape index (κ1) is 19.2. The molecule has 0 aliphatic carbocycles. The highest BCUT2D eigenvalue weighted by Gasteiger charge is 2.37. The largest absolute Gasteiger partial charge is 0.496 e. The molecular formula is C21H16BrNO6. The molecule has 4 rings (SSSR count). The van der Waals surface area contributed by atoms with E-state index in [1.807, 2.05) is 0 Å². The van der Waals surface area contributed by atoms with E-state index in [2.05, 4.69) is 15.9 Å². The lowest BCUT2D eigenvalue weighted by molar-refractivity contribution is 0.0515. The minimum absolute atomic E-state index is 0.171. The first-order valence-electron chi connectivity index (χ1n) is 8.87. The number of amides is 2. The summed E-state index contributed by atoms with van der Waals surface area (Å²) in [6, 6.07) is 9.92. The van der Waals surface area contributed by atoms with Crippen LogP contribution in [0.1, 0.15) is 43.8 Å². The summed E-state index contributed by atoms with van der Waals surface area (Å²) < 4.78 is 17.0. The van der Waals surface area contributed by atoms with Crippen molar-refractivity contribution in [3.05, 3.63) is 63.3 Å². The number of fused-ring (bicyclic) bond motifs is 2. The van der Waals surface area contributed by atoms with Crippen molar-refractivity contribution in [3.63, 3.8) is 0 Å². The van der Waals surface area contributed by atoms with Crippen LogP contribution in [0.2, 0.25) is 0 Å². The number of rotatable bonds is 5. The Bertz CT molecular complexity index is 1130. The number of methoxy groups -OCH3 is 1. The van der Waals surface area contributed by atoms with Crippen molar-refractivity contribution in [3.8, 4) is 5.75 Å². The van der Waals surface area contributed by atoms with Gasteiger partial charge in [0.25, 0.3) is 11.8 Å². The van der Waals surface area contributed by atoms with Crippen LogP contribution in [0.4, 0.5) is 0 Å². The number of hydrogen-bond donors (Lipinski definition) is 0. The second-order valence-corrected chi connectivity index (χ2v) is 7.20. The molecule has 1 aliphatic rings. The van der Waals surface area contributed by atoms with Crippen molar-refractivity contribution in [1.82, 2.24) is 4.90 Å². The predicted molar refractivity (Wildman–Crippen MR) is 107 cm³/mol. The Morgan fingerprint density at radius 3 is 2.38 bits per heavy atom. The van der Waals surface area contributed by atoms with E-state index in [1.165, 1.54) is 7.11 Å². The first-order chi connectivity index (χ1) is 14.0. The zero-order chi connectivity index (χ0) is 20.7. The third-order valence-electron chi connectivity index (χ3n) is 4.69. The number of carbonyl (C=O) groups excluding carboxylic acids is 3. The molecule has 0 radical (unpaired) electrons. The molecule has 1 aliphatic heterocycles. The lowest BCUT2D eigenvalue weighted by Gasteiger charge is -2.13. The van der Waals surface area contributed by atoms with Crippen LogP contribution >= 0.6 is 15.9 Å². The maximum absolute atomic E-state index is 12.7. The summed E-state index contributed by atoms with van der Waals surface area (Å²) in [6.07, 6.45) is 0. The number of hydrogen-bond acceptors (Lipinski definition) is 6. The van der Waals surface area contributed by atoms with Gasteiger partial charge in [-0.05, 0) is 47.1 Å². The number of halogens is 1. The van der Waals surface area contributed by atoms with Gasteiger partial charge in [0.05, 0.1) is 35.9 Å². The molecule has 148 valence electrons. The number of carbonyl (C=O) groups is 3. The number of benzene rings is 2. The number of ether oxygens (including phenoxy) is 2. The molecule has 1 aromatic heterocycles. The Balaban J connectivity index is 1.81. The number of imide groups is 1. The lowest BCUT2D eigenvalue weighted by atomic mass is 10.1. The maximum atomic E-state index is 12.7. The maximum Gasteiger partial charge on any atom is 0.342 e. The normalized spacial score (nSPS) is 13.1. The van der Waals surface area contributed by atoms with Crippen LogP contribution < -0.4 is 4.74 Å². The fourth-order valence-corrected chi connectivity index (χ4v) is 3.85. The van der Waals surface area contributed by atoms with Gasteiger partial charge in [-0.2, -0.15) is 0 Å². The monoisotopic (exact) mass is 457 g/mol. The van der Waals surface area contributed by atoms with Crippen molar-refractivity contribution >= 4 is 44.7 Å². The van der Waals surface area contributed by atoms with E-state index >= 15 is 0 Å².